The van der Waals surface area contributed by atoms with Gasteiger partial charge in [-0.05, 0) is 31.4 Å². The number of aryl methyl sites for hydroxylation is 1. The lowest BCUT2D eigenvalue weighted by Gasteiger charge is -2.47. The van der Waals surface area contributed by atoms with Crippen molar-refractivity contribution in [3.8, 4) is 17.2 Å². The summed E-state index contributed by atoms with van der Waals surface area (Å²) in [6, 6.07) is 1.87. The first-order valence-corrected chi connectivity index (χ1v) is 11.8. The molecule has 0 amide bonds. The van der Waals surface area contributed by atoms with Gasteiger partial charge in [-0.25, -0.2) is 0 Å². The number of benzene rings is 2. The van der Waals surface area contributed by atoms with Gasteiger partial charge in [-0.15, -0.1) is 0 Å². The number of rotatable bonds is 4. The summed E-state index contributed by atoms with van der Waals surface area (Å²) in [6.45, 7) is 1.51. The molecule has 186 valence electrons. The molecule has 35 heavy (non-hydrogen) atoms. The number of phenols is 1. The minimum Gasteiger partial charge on any atom is -0.506 e. The number of carbonyl (C=O) groups is 1. The molecule has 4 unspecified atom stereocenters. The normalized spacial score (nSPS) is 36.8. The number of aliphatic hydroxyl groups excluding tert-OH is 1. The van der Waals surface area contributed by atoms with E-state index in [9.17, 15) is 20.1 Å². The molecule has 4 aliphatic heterocycles. The summed E-state index contributed by atoms with van der Waals surface area (Å²) < 4.78 is 36.0. The number of ketones is 1. The van der Waals surface area contributed by atoms with Crippen molar-refractivity contribution in [2.45, 2.75) is 61.7 Å². The average Bonchev–Trinajstić information content (AvgIpc) is 3.51. The highest BCUT2D eigenvalue weighted by molar-refractivity contribution is 6.11. The zero-order valence-electron chi connectivity index (χ0n) is 19.5. The predicted molar refractivity (Wildman–Crippen MR) is 118 cm³/mol. The van der Waals surface area contributed by atoms with Gasteiger partial charge in [0.05, 0.1) is 31.3 Å². The highest BCUT2D eigenvalue weighted by atomic mass is 16.9. The van der Waals surface area contributed by atoms with Crippen LogP contribution < -0.4 is 9.47 Å². The third-order valence-corrected chi connectivity index (χ3v) is 8.39. The van der Waals surface area contributed by atoms with Gasteiger partial charge < -0.3 is 43.7 Å². The molecule has 2 aromatic carbocycles. The molecule has 2 aromatic rings. The molecule has 10 nitrogen and oxygen atoms in total. The molecule has 0 radical (unpaired) electrons. The topological polar surface area (TPSA) is 136 Å². The molecule has 4 heterocycles. The molecule has 1 aliphatic carbocycles. The van der Waals surface area contributed by atoms with Crippen molar-refractivity contribution in [2.75, 3.05) is 27.4 Å². The lowest BCUT2D eigenvalue weighted by molar-refractivity contribution is -0.307. The highest BCUT2D eigenvalue weighted by Gasteiger charge is 2.92. The van der Waals surface area contributed by atoms with Gasteiger partial charge in [0.2, 0.25) is 11.4 Å². The Morgan fingerprint density at radius 2 is 2.03 bits per heavy atom. The molecule has 1 spiro atoms. The van der Waals surface area contributed by atoms with E-state index in [-0.39, 0.29) is 34.8 Å². The maximum Gasteiger partial charge on any atom is 0.274 e. The fourth-order valence-corrected chi connectivity index (χ4v) is 6.77. The van der Waals surface area contributed by atoms with Crippen molar-refractivity contribution in [1.29, 1.82) is 0 Å². The van der Waals surface area contributed by atoms with E-state index in [2.05, 4.69) is 0 Å². The molecule has 3 fully saturated rings. The zero-order valence-corrected chi connectivity index (χ0v) is 19.5. The van der Waals surface area contributed by atoms with Crippen molar-refractivity contribution in [3.05, 3.63) is 28.3 Å². The van der Waals surface area contributed by atoms with Crippen LogP contribution in [0.2, 0.25) is 0 Å². The van der Waals surface area contributed by atoms with Gasteiger partial charge in [-0.1, -0.05) is 0 Å². The number of aliphatic hydroxyl groups is 2. The lowest BCUT2D eigenvalue weighted by atomic mass is 9.77. The summed E-state index contributed by atoms with van der Waals surface area (Å²) in [7, 11) is 2.95. The number of carbonyl (C=O) groups excluding carboxylic acids is 1. The van der Waals surface area contributed by atoms with E-state index < -0.39 is 42.1 Å². The number of hydrogen-bond acceptors (Lipinski definition) is 10. The summed E-state index contributed by atoms with van der Waals surface area (Å²) in [5.41, 5.74) is 0.832. The van der Waals surface area contributed by atoms with Crippen molar-refractivity contribution >= 4 is 16.6 Å². The first-order valence-electron chi connectivity index (χ1n) is 11.8. The summed E-state index contributed by atoms with van der Waals surface area (Å²) in [5, 5.41) is 34.2. The number of fused-ring (bicyclic) bond motifs is 8. The summed E-state index contributed by atoms with van der Waals surface area (Å²) >= 11 is 0. The third kappa shape index (κ3) is 2.21. The fourth-order valence-electron chi connectivity index (χ4n) is 6.77. The molecule has 2 bridgehead atoms. The average molecular weight is 486 g/mol. The number of hydrogen-bond donors (Lipinski definition) is 3. The zero-order chi connectivity index (χ0) is 24.5. The molecule has 10 heteroatoms. The summed E-state index contributed by atoms with van der Waals surface area (Å²) in [4.78, 5) is 12.9. The van der Waals surface area contributed by atoms with Crippen LogP contribution in [0.25, 0.3) is 10.8 Å². The van der Waals surface area contributed by atoms with Gasteiger partial charge in [0.25, 0.3) is 5.79 Å². The number of phenolic OH excluding ortho intramolecular Hbond substituents is 1. The van der Waals surface area contributed by atoms with Gasteiger partial charge >= 0.3 is 0 Å². The lowest BCUT2D eigenvalue weighted by Crippen LogP contribution is -2.69. The minimum atomic E-state index is -1.98. The SMILES string of the molecule is COc1c2c(c(O)c3c4c(c(C)cc13)[C@@H]1OC3(C(CO)OC)OC1[C@](O)(O4)C31CO1)C(=O)CCC2. The molecule has 0 saturated carbocycles. The van der Waals surface area contributed by atoms with E-state index in [0.29, 0.717) is 41.5 Å². The van der Waals surface area contributed by atoms with Gasteiger partial charge in [0.15, 0.2) is 11.9 Å². The second-order valence-corrected chi connectivity index (χ2v) is 9.94. The van der Waals surface area contributed by atoms with Gasteiger partial charge in [0.1, 0.15) is 29.5 Å². The Bertz CT molecular complexity index is 1310. The Hall–Kier alpha value is -2.47. The van der Waals surface area contributed by atoms with Crippen molar-refractivity contribution in [1.82, 2.24) is 0 Å². The second kappa shape index (κ2) is 6.64. The van der Waals surface area contributed by atoms with Crippen LogP contribution in [-0.4, -0.2) is 77.9 Å². The van der Waals surface area contributed by atoms with Crippen LogP contribution in [0.5, 0.6) is 17.2 Å². The van der Waals surface area contributed by atoms with Crippen molar-refractivity contribution < 1.29 is 48.5 Å². The maximum absolute atomic E-state index is 12.9. The highest BCUT2D eigenvalue weighted by Crippen LogP contribution is 2.70. The monoisotopic (exact) mass is 486 g/mol. The van der Waals surface area contributed by atoms with E-state index in [1.165, 1.54) is 14.2 Å². The van der Waals surface area contributed by atoms with Crippen LogP contribution in [0.3, 0.4) is 0 Å². The Kier molecular flexibility index (Phi) is 4.13. The van der Waals surface area contributed by atoms with Crippen LogP contribution >= 0.6 is 0 Å². The van der Waals surface area contributed by atoms with E-state index >= 15 is 0 Å². The molecule has 6 atom stereocenters. The summed E-state index contributed by atoms with van der Waals surface area (Å²) in [5.74, 6) is -3.21. The van der Waals surface area contributed by atoms with Gasteiger partial charge in [-0.2, -0.15) is 0 Å². The summed E-state index contributed by atoms with van der Waals surface area (Å²) in [6.07, 6.45) is -1.07. The molecular weight excluding hydrogens is 460 g/mol. The van der Waals surface area contributed by atoms with E-state index in [1.54, 1.807) is 0 Å². The van der Waals surface area contributed by atoms with Crippen LogP contribution in [0, 0.1) is 6.92 Å². The Balaban J connectivity index is 1.53. The molecular formula is C25H26O10. The number of ether oxygens (including phenoxy) is 6. The van der Waals surface area contributed by atoms with Gasteiger partial charge in [0, 0.05) is 30.0 Å². The first kappa shape index (κ1) is 21.8. The third-order valence-electron chi connectivity index (χ3n) is 8.39. The van der Waals surface area contributed by atoms with Crippen LogP contribution in [0.4, 0.5) is 0 Å². The van der Waals surface area contributed by atoms with E-state index in [4.69, 9.17) is 28.4 Å². The molecule has 3 saturated heterocycles. The molecule has 3 N–H and O–H groups in total. The van der Waals surface area contributed by atoms with Crippen molar-refractivity contribution in [2.24, 2.45) is 0 Å². The van der Waals surface area contributed by atoms with E-state index in [0.717, 1.165) is 5.56 Å². The van der Waals surface area contributed by atoms with Gasteiger partial charge in [-0.3, -0.25) is 4.79 Å². The van der Waals surface area contributed by atoms with E-state index in [1.807, 2.05) is 13.0 Å². The Morgan fingerprint density at radius 1 is 1.26 bits per heavy atom. The van der Waals surface area contributed by atoms with Crippen molar-refractivity contribution in [3.63, 3.8) is 0 Å². The largest absolute Gasteiger partial charge is 0.506 e. The smallest absolute Gasteiger partial charge is 0.274 e. The van der Waals surface area contributed by atoms with Crippen LogP contribution in [0.15, 0.2) is 6.07 Å². The number of methoxy groups -OCH3 is 2. The quantitative estimate of drug-likeness (QED) is 0.544. The number of Topliss-reactive ketones (excluding diaryl/α,β-unsaturated/α-hetero) is 1. The number of aromatic hydroxyl groups is 1. The second-order valence-electron chi connectivity index (χ2n) is 9.94. The maximum atomic E-state index is 12.9. The first-order chi connectivity index (χ1) is 16.8. The molecule has 7 rings (SSSR count). The Morgan fingerprint density at radius 3 is 2.69 bits per heavy atom. The fraction of sp³-hybridized carbons (Fsp3) is 0.560. The standard InChI is InChI=1S/C25H26O10/c1-10-7-12-17(18(28)16-11(19(12)31-3)5-4-6-13(16)27)20-15(10)21-22-24(29,33-20)23(9-32-23)25(34-21,35-22)14(8-26)30-2/h7,14,21-22,26,28-29H,4-6,8-9H2,1-3H3/t14?,21-,22?,23?,24-,25?/m0/s1. The van der Waals surface area contributed by atoms with Crippen LogP contribution in [-0.2, 0) is 25.4 Å². The Labute approximate surface area is 200 Å². The number of epoxide rings is 1. The molecule has 5 aliphatic rings. The predicted octanol–water partition coefficient (Wildman–Crippen LogP) is 1.41. The molecule has 0 aromatic heterocycles. The minimum absolute atomic E-state index is 0.0643. The van der Waals surface area contributed by atoms with Crippen LogP contribution in [0.1, 0.15) is 46.0 Å².